The molecule has 0 aliphatic carbocycles. The minimum Gasteiger partial charge on any atom is -0.354 e. The maximum Gasteiger partial charge on any atom is 0.327 e. The van der Waals surface area contributed by atoms with Crippen molar-refractivity contribution in [3.63, 3.8) is 0 Å². The zero-order chi connectivity index (χ0) is 16.7. The van der Waals surface area contributed by atoms with E-state index in [2.05, 4.69) is 16.8 Å². The number of carbonyl (C=O) groups is 2. The van der Waals surface area contributed by atoms with E-state index in [4.69, 9.17) is 0 Å². The summed E-state index contributed by atoms with van der Waals surface area (Å²) in [7, 11) is 0. The summed E-state index contributed by atoms with van der Waals surface area (Å²) in [4.78, 5) is 36.0. The number of carbonyl (C=O) groups excluding carboxylic acids is 2. The first-order valence-electron chi connectivity index (χ1n) is 8.98. The first-order chi connectivity index (χ1) is 11.7. The van der Waals surface area contributed by atoms with Crippen molar-refractivity contribution in [3.8, 4) is 0 Å². The molecule has 0 spiro atoms. The molecule has 0 aromatic carbocycles. The van der Waals surface area contributed by atoms with Gasteiger partial charge in [0.1, 0.15) is 11.4 Å². The van der Waals surface area contributed by atoms with Crippen LogP contribution in [0.4, 0.5) is 10.6 Å². The lowest BCUT2D eigenvalue weighted by Crippen LogP contribution is -2.46. The molecule has 6 heteroatoms. The molecule has 0 N–H and O–H groups in total. The van der Waals surface area contributed by atoms with Crippen LogP contribution in [0.5, 0.6) is 0 Å². The average molecular weight is 328 g/mol. The highest BCUT2D eigenvalue weighted by atomic mass is 16.2. The molecule has 1 aromatic heterocycles. The summed E-state index contributed by atoms with van der Waals surface area (Å²) in [5.74, 6) is 0.961. The number of aromatic nitrogens is 1. The van der Waals surface area contributed by atoms with Gasteiger partial charge in [-0.15, -0.1) is 0 Å². The van der Waals surface area contributed by atoms with Crippen molar-refractivity contribution in [2.45, 2.75) is 50.6 Å². The van der Waals surface area contributed by atoms with E-state index in [9.17, 15) is 9.59 Å². The fourth-order valence-electron chi connectivity index (χ4n) is 4.62. The number of hydrogen-bond acceptors (Lipinski definition) is 4. The summed E-state index contributed by atoms with van der Waals surface area (Å²) >= 11 is 0. The third kappa shape index (κ3) is 2.12. The summed E-state index contributed by atoms with van der Waals surface area (Å²) in [5, 5.41) is 0. The zero-order valence-corrected chi connectivity index (χ0v) is 14.1. The van der Waals surface area contributed by atoms with E-state index in [0.29, 0.717) is 6.54 Å². The van der Waals surface area contributed by atoms with E-state index in [0.717, 1.165) is 51.0 Å². The molecule has 128 valence electrons. The van der Waals surface area contributed by atoms with E-state index in [1.165, 1.54) is 0 Å². The quantitative estimate of drug-likeness (QED) is 0.796. The van der Waals surface area contributed by atoms with E-state index < -0.39 is 5.54 Å². The van der Waals surface area contributed by atoms with Crippen molar-refractivity contribution in [2.75, 3.05) is 24.5 Å². The lowest BCUT2D eigenvalue weighted by Gasteiger charge is -2.27. The molecular formula is C18H24N4O2. The SMILES string of the molecule is CCC[C@]12CCCN1C(=O)N([C@@H]1CCN(c3ccccn3)C1)C2=O. The van der Waals surface area contributed by atoms with Crippen LogP contribution in [0.3, 0.4) is 0 Å². The molecule has 3 aliphatic heterocycles. The number of hydrogen-bond donors (Lipinski definition) is 0. The third-order valence-electron chi connectivity index (χ3n) is 5.71. The topological polar surface area (TPSA) is 56.8 Å². The number of urea groups is 1. The minimum absolute atomic E-state index is 0.0358. The van der Waals surface area contributed by atoms with Gasteiger partial charge >= 0.3 is 6.03 Å². The van der Waals surface area contributed by atoms with Crippen LogP contribution in [0.2, 0.25) is 0 Å². The van der Waals surface area contributed by atoms with Crippen LogP contribution < -0.4 is 4.90 Å². The molecule has 0 unspecified atom stereocenters. The van der Waals surface area contributed by atoms with E-state index >= 15 is 0 Å². The number of imide groups is 1. The highest BCUT2D eigenvalue weighted by Gasteiger charge is 2.60. The first kappa shape index (κ1) is 15.4. The fourth-order valence-corrected chi connectivity index (χ4v) is 4.62. The van der Waals surface area contributed by atoms with Crippen molar-refractivity contribution in [1.82, 2.24) is 14.8 Å². The molecule has 0 bridgehead atoms. The number of fused-ring (bicyclic) bond motifs is 1. The highest BCUT2D eigenvalue weighted by molar-refractivity contribution is 6.07. The lowest BCUT2D eigenvalue weighted by atomic mass is 9.90. The predicted molar refractivity (Wildman–Crippen MR) is 90.7 cm³/mol. The van der Waals surface area contributed by atoms with Crippen molar-refractivity contribution in [3.05, 3.63) is 24.4 Å². The van der Waals surface area contributed by atoms with Gasteiger partial charge < -0.3 is 9.80 Å². The highest BCUT2D eigenvalue weighted by Crippen LogP contribution is 2.42. The molecule has 1 aromatic rings. The van der Waals surface area contributed by atoms with Crippen LogP contribution in [0.25, 0.3) is 0 Å². The van der Waals surface area contributed by atoms with Gasteiger partial charge in [0.05, 0.1) is 6.04 Å². The number of anilines is 1. The van der Waals surface area contributed by atoms with Crippen molar-refractivity contribution in [1.29, 1.82) is 0 Å². The molecule has 0 saturated carbocycles. The van der Waals surface area contributed by atoms with Gasteiger partial charge in [0.25, 0.3) is 5.91 Å². The van der Waals surface area contributed by atoms with Gasteiger partial charge in [-0.2, -0.15) is 0 Å². The van der Waals surface area contributed by atoms with Gasteiger partial charge in [-0.05, 0) is 37.8 Å². The lowest BCUT2D eigenvalue weighted by molar-refractivity contribution is -0.134. The fraction of sp³-hybridized carbons (Fsp3) is 0.611. The van der Waals surface area contributed by atoms with Gasteiger partial charge in [0.2, 0.25) is 0 Å². The van der Waals surface area contributed by atoms with Gasteiger partial charge in [-0.1, -0.05) is 19.4 Å². The first-order valence-corrected chi connectivity index (χ1v) is 8.98. The summed E-state index contributed by atoms with van der Waals surface area (Å²) < 4.78 is 0. The van der Waals surface area contributed by atoms with E-state index in [1.807, 2.05) is 23.1 Å². The monoisotopic (exact) mass is 328 g/mol. The Hall–Kier alpha value is -2.11. The number of nitrogens with zero attached hydrogens (tertiary/aromatic N) is 4. The molecule has 24 heavy (non-hydrogen) atoms. The second-order valence-electron chi connectivity index (χ2n) is 7.07. The van der Waals surface area contributed by atoms with Gasteiger partial charge in [-0.3, -0.25) is 9.69 Å². The number of amides is 3. The van der Waals surface area contributed by atoms with Crippen molar-refractivity contribution >= 4 is 17.8 Å². The van der Waals surface area contributed by atoms with Crippen LogP contribution in [-0.4, -0.2) is 57.9 Å². The number of pyridine rings is 1. The second kappa shape index (κ2) is 5.76. The van der Waals surface area contributed by atoms with E-state index in [-0.39, 0.29) is 18.0 Å². The Bertz CT molecular complexity index is 650. The molecule has 6 nitrogen and oxygen atoms in total. The maximum absolute atomic E-state index is 13.2. The third-order valence-corrected chi connectivity index (χ3v) is 5.71. The van der Waals surface area contributed by atoms with Crippen molar-refractivity contribution < 1.29 is 9.59 Å². The Labute approximate surface area is 142 Å². The molecule has 3 aliphatic rings. The summed E-state index contributed by atoms with van der Waals surface area (Å²) in [6, 6.07) is 5.74. The molecule has 4 rings (SSSR count). The smallest absolute Gasteiger partial charge is 0.327 e. The van der Waals surface area contributed by atoms with Crippen LogP contribution in [0, 0.1) is 0 Å². The van der Waals surface area contributed by atoms with Gasteiger partial charge in [0, 0.05) is 25.8 Å². The summed E-state index contributed by atoms with van der Waals surface area (Å²) in [6.45, 7) is 4.33. The second-order valence-corrected chi connectivity index (χ2v) is 7.07. The molecular weight excluding hydrogens is 304 g/mol. The Kier molecular flexibility index (Phi) is 3.70. The standard InChI is InChI=1S/C18H24N4O2/c1-2-8-18-9-5-11-21(18)17(24)22(16(18)23)14-7-12-20(13-14)15-6-3-4-10-19-15/h3-4,6,10,14H,2,5,7-9,11-13H2,1H3/t14-,18-/m1/s1. The molecule has 4 heterocycles. The Morgan fingerprint density at radius 1 is 1.29 bits per heavy atom. The largest absolute Gasteiger partial charge is 0.354 e. The van der Waals surface area contributed by atoms with Crippen LogP contribution in [0.1, 0.15) is 39.0 Å². The Morgan fingerprint density at radius 2 is 2.17 bits per heavy atom. The summed E-state index contributed by atoms with van der Waals surface area (Å²) in [5.41, 5.74) is -0.551. The summed E-state index contributed by atoms with van der Waals surface area (Å²) in [6.07, 6.45) is 6.07. The van der Waals surface area contributed by atoms with Gasteiger partial charge in [0.15, 0.2) is 0 Å². The minimum atomic E-state index is -0.551. The van der Waals surface area contributed by atoms with Crippen LogP contribution in [-0.2, 0) is 4.79 Å². The van der Waals surface area contributed by atoms with E-state index in [1.54, 1.807) is 11.1 Å². The Morgan fingerprint density at radius 3 is 2.92 bits per heavy atom. The van der Waals surface area contributed by atoms with Crippen LogP contribution >= 0.6 is 0 Å². The Balaban J connectivity index is 1.55. The normalized spacial score (nSPS) is 29.7. The molecule has 3 amide bonds. The average Bonchev–Trinajstić information content (AvgIpc) is 3.27. The predicted octanol–water partition coefficient (Wildman–Crippen LogP) is 2.26. The number of rotatable bonds is 4. The zero-order valence-electron chi connectivity index (χ0n) is 14.1. The maximum atomic E-state index is 13.2. The van der Waals surface area contributed by atoms with Gasteiger partial charge in [-0.25, -0.2) is 9.78 Å². The van der Waals surface area contributed by atoms with Crippen LogP contribution in [0.15, 0.2) is 24.4 Å². The molecule has 0 radical (unpaired) electrons. The van der Waals surface area contributed by atoms with Crippen molar-refractivity contribution in [2.24, 2.45) is 0 Å². The molecule has 3 saturated heterocycles. The molecule has 3 fully saturated rings. The molecule has 2 atom stereocenters.